The Kier molecular flexibility index (Phi) is 8.18. The molecule has 7 heteroatoms. The topological polar surface area (TPSA) is 76.4 Å². The molecule has 0 aliphatic heterocycles. The lowest BCUT2D eigenvalue weighted by molar-refractivity contribution is 0.141. The zero-order valence-corrected chi connectivity index (χ0v) is 16.1. The lowest BCUT2D eigenvalue weighted by Crippen LogP contribution is -2.40. The first-order valence-electron chi connectivity index (χ1n) is 9.61. The molecule has 0 unspecified atom stereocenters. The second-order valence-corrected chi connectivity index (χ2v) is 6.87. The molecule has 25 heavy (non-hydrogen) atoms. The van der Waals surface area contributed by atoms with Gasteiger partial charge in [0.25, 0.3) is 0 Å². The van der Waals surface area contributed by atoms with E-state index in [2.05, 4.69) is 39.2 Å². The van der Waals surface area contributed by atoms with Crippen molar-refractivity contribution in [3.05, 3.63) is 12.2 Å². The van der Waals surface area contributed by atoms with Crippen LogP contribution >= 0.6 is 0 Å². The quantitative estimate of drug-likeness (QED) is 0.498. The van der Waals surface area contributed by atoms with Crippen molar-refractivity contribution in [3.63, 3.8) is 0 Å². The van der Waals surface area contributed by atoms with Gasteiger partial charge in [-0.25, -0.2) is 0 Å². The first-order chi connectivity index (χ1) is 12.2. The summed E-state index contributed by atoms with van der Waals surface area (Å²) in [6, 6.07) is 0. The van der Waals surface area contributed by atoms with E-state index in [1.165, 1.54) is 25.7 Å². The number of ether oxygens (including phenoxy) is 1. The molecule has 0 spiro atoms. The number of hydrogen-bond acceptors (Lipinski definition) is 4. The molecule has 1 aromatic heterocycles. The number of nitrogens with one attached hydrogen (secondary N) is 2. The summed E-state index contributed by atoms with van der Waals surface area (Å²) in [5.74, 6) is 1.92. The van der Waals surface area contributed by atoms with Gasteiger partial charge in [0, 0.05) is 46.3 Å². The molecule has 0 aromatic carbocycles. The number of aryl methyl sites for hydroxylation is 1. The van der Waals surface area contributed by atoms with Crippen LogP contribution in [0, 0.1) is 5.41 Å². The predicted molar refractivity (Wildman–Crippen MR) is 101 cm³/mol. The smallest absolute Gasteiger partial charge is 0.191 e. The highest BCUT2D eigenvalue weighted by Gasteiger charge is 2.33. The standard InChI is InChI=1S/C18H34N6O/c1-4-16-23-22-15-24(16)12-11-20-17(19-5-2)21-14-18(10-13-25-3)8-6-7-9-18/h15H,4-14H2,1-3H3,(H2,19,20,21). The Morgan fingerprint density at radius 3 is 2.80 bits per heavy atom. The van der Waals surface area contributed by atoms with E-state index in [0.29, 0.717) is 5.41 Å². The average molecular weight is 351 g/mol. The molecule has 7 nitrogen and oxygen atoms in total. The molecule has 0 saturated heterocycles. The molecule has 1 saturated carbocycles. The van der Waals surface area contributed by atoms with Gasteiger partial charge in [-0.05, 0) is 31.6 Å². The summed E-state index contributed by atoms with van der Waals surface area (Å²) in [7, 11) is 1.78. The molecule has 0 amide bonds. The van der Waals surface area contributed by atoms with Gasteiger partial charge < -0.3 is 19.9 Å². The summed E-state index contributed by atoms with van der Waals surface area (Å²) in [4.78, 5) is 4.88. The summed E-state index contributed by atoms with van der Waals surface area (Å²) < 4.78 is 7.41. The van der Waals surface area contributed by atoms with Crippen LogP contribution < -0.4 is 10.6 Å². The Morgan fingerprint density at radius 2 is 2.12 bits per heavy atom. The van der Waals surface area contributed by atoms with Crippen molar-refractivity contribution in [1.82, 2.24) is 25.4 Å². The summed E-state index contributed by atoms with van der Waals surface area (Å²) >= 11 is 0. The average Bonchev–Trinajstić information content (AvgIpc) is 3.27. The molecular weight excluding hydrogens is 316 g/mol. The Bertz CT molecular complexity index is 521. The Hall–Kier alpha value is -1.63. The van der Waals surface area contributed by atoms with Crippen LogP contribution in [0.3, 0.4) is 0 Å². The van der Waals surface area contributed by atoms with Gasteiger partial charge in [0.1, 0.15) is 12.2 Å². The Morgan fingerprint density at radius 1 is 1.32 bits per heavy atom. The molecule has 142 valence electrons. The highest BCUT2D eigenvalue weighted by atomic mass is 16.5. The third-order valence-electron chi connectivity index (χ3n) is 5.07. The summed E-state index contributed by atoms with van der Waals surface area (Å²) in [5, 5.41) is 14.9. The van der Waals surface area contributed by atoms with Gasteiger partial charge in [-0.2, -0.15) is 0 Å². The fraction of sp³-hybridized carbons (Fsp3) is 0.833. The van der Waals surface area contributed by atoms with Gasteiger partial charge in [-0.3, -0.25) is 4.99 Å². The van der Waals surface area contributed by atoms with Crippen LogP contribution in [0.2, 0.25) is 0 Å². The van der Waals surface area contributed by atoms with Crippen molar-refractivity contribution in [2.45, 2.75) is 58.9 Å². The molecule has 1 aliphatic carbocycles. The van der Waals surface area contributed by atoms with Gasteiger partial charge in [-0.15, -0.1) is 10.2 Å². The number of methoxy groups -OCH3 is 1. The van der Waals surface area contributed by atoms with Crippen LogP contribution in [-0.4, -0.2) is 54.1 Å². The van der Waals surface area contributed by atoms with Crippen LogP contribution in [0.5, 0.6) is 0 Å². The molecule has 0 radical (unpaired) electrons. The molecule has 1 aliphatic rings. The first kappa shape index (κ1) is 19.7. The largest absolute Gasteiger partial charge is 0.385 e. The zero-order chi connectivity index (χ0) is 18.0. The maximum atomic E-state index is 5.32. The number of nitrogens with zero attached hydrogens (tertiary/aromatic N) is 4. The lowest BCUT2D eigenvalue weighted by Gasteiger charge is -2.27. The highest BCUT2D eigenvalue weighted by Crippen LogP contribution is 2.41. The first-order valence-corrected chi connectivity index (χ1v) is 9.61. The number of aromatic nitrogens is 3. The molecule has 0 atom stereocenters. The third kappa shape index (κ3) is 5.99. The van der Waals surface area contributed by atoms with Gasteiger partial charge >= 0.3 is 0 Å². The minimum Gasteiger partial charge on any atom is -0.385 e. The molecule has 2 N–H and O–H groups in total. The number of hydrogen-bond donors (Lipinski definition) is 2. The second-order valence-electron chi connectivity index (χ2n) is 6.87. The van der Waals surface area contributed by atoms with E-state index in [0.717, 1.165) is 57.4 Å². The van der Waals surface area contributed by atoms with E-state index in [1.54, 1.807) is 13.4 Å². The van der Waals surface area contributed by atoms with Crippen LogP contribution in [0.15, 0.2) is 11.3 Å². The summed E-state index contributed by atoms with van der Waals surface area (Å²) in [6.07, 6.45) is 8.96. The minimum absolute atomic E-state index is 0.321. The summed E-state index contributed by atoms with van der Waals surface area (Å²) in [5.41, 5.74) is 0.321. The number of rotatable bonds is 10. The Labute approximate surface area is 151 Å². The van der Waals surface area contributed by atoms with Gasteiger partial charge in [0.2, 0.25) is 0 Å². The fourth-order valence-electron chi connectivity index (χ4n) is 3.55. The van der Waals surface area contributed by atoms with Crippen molar-refractivity contribution in [1.29, 1.82) is 0 Å². The fourth-order valence-corrected chi connectivity index (χ4v) is 3.55. The van der Waals surface area contributed by atoms with Crippen LogP contribution in [0.1, 0.15) is 51.8 Å². The zero-order valence-electron chi connectivity index (χ0n) is 16.1. The molecule has 1 aromatic rings. The second kappa shape index (κ2) is 10.4. The van der Waals surface area contributed by atoms with Crippen molar-refractivity contribution >= 4 is 5.96 Å². The van der Waals surface area contributed by atoms with E-state index in [9.17, 15) is 0 Å². The third-order valence-corrected chi connectivity index (χ3v) is 5.07. The van der Waals surface area contributed by atoms with Crippen molar-refractivity contribution in [3.8, 4) is 0 Å². The Balaban J connectivity index is 1.88. The van der Waals surface area contributed by atoms with Crippen LogP contribution in [0.4, 0.5) is 0 Å². The van der Waals surface area contributed by atoms with E-state index >= 15 is 0 Å². The van der Waals surface area contributed by atoms with Gasteiger partial charge in [0.05, 0.1) is 0 Å². The van der Waals surface area contributed by atoms with E-state index < -0.39 is 0 Å². The number of aliphatic imine (C=N–C) groups is 1. The molecule has 0 bridgehead atoms. The van der Waals surface area contributed by atoms with E-state index in [1.807, 2.05) is 0 Å². The van der Waals surface area contributed by atoms with Crippen molar-refractivity contribution in [2.75, 3.05) is 33.4 Å². The van der Waals surface area contributed by atoms with Crippen molar-refractivity contribution in [2.24, 2.45) is 10.4 Å². The van der Waals surface area contributed by atoms with Crippen LogP contribution in [-0.2, 0) is 17.7 Å². The maximum Gasteiger partial charge on any atom is 0.191 e. The lowest BCUT2D eigenvalue weighted by atomic mass is 9.83. The monoisotopic (exact) mass is 350 g/mol. The van der Waals surface area contributed by atoms with Gasteiger partial charge in [-0.1, -0.05) is 19.8 Å². The predicted octanol–water partition coefficient (Wildman–Crippen LogP) is 1.99. The van der Waals surface area contributed by atoms with Gasteiger partial charge in [0.15, 0.2) is 5.96 Å². The highest BCUT2D eigenvalue weighted by molar-refractivity contribution is 5.79. The molecule has 2 rings (SSSR count). The SMILES string of the molecule is CCNC(=NCC1(CCOC)CCCC1)NCCn1cnnc1CC. The maximum absolute atomic E-state index is 5.32. The van der Waals surface area contributed by atoms with Crippen LogP contribution in [0.25, 0.3) is 0 Å². The summed E-state index contributed by atoms with van der Waals surface area (Å²) in [6.45, 7) is 8.41. The normalized spacial score (nSPS) is 17.0. The molecular formula is C18H34N6O. The van der Waals surface area contributed by atoms with E-state index in [4.69, 9.17) is 9.73 Å². The minimum atomic E-state index is 0.321. The number of guanidine groups is 1. The van der Waals surface area contributed by atoms with E-state index in [-0.39, 0.29) is 0 Å². The molecule has 1 heterocycles. The van der Waals surface area contributed by atoms with Crippen molar-refractivity contribution < 1.29 is 4.74 Å². The molecule has 1 fully saturated rings.